The van der Waals surface area contributed by atoms with Gasteiger partial charge in [0.25, 0.3) is 5.91 Å². The molecule has 156 valence electrons. The van der Waals surface area contributed by atoms with Crippen LogP contribution in [0.1, 0.15) is 16.7 Å². The van der Waals surface area contributed by atoms with Crippen molar-refractivity contribution in [3.05, 3.63) is 59.2 Å². The summed E-state index contributed by atoms with van der Waals surface area (Å²) in [6.45, 7) is 0.664. The van der Waals surface area contributed by atoms with Gasteiger partial charge in [-0.05, 0) is 61.2 Å². The molecule has 0 heterocycles. The van der Waals surface area contributed by atoms with E-state index in [0.29, 0.717) is 18.7 Å². The van der Waals surface area contributed by atoms with E-state index < -0.39 is 25.1 Å². The Balaban J connectivity index is 1.62. The molecule has 29 heavy (non-hydrogen) atoms. The van der Waals surface area contributed by atoms with Gasteiger partial charge in [-0.25, -0.2) is 4.79 Å². The van der Waals surface area contributed by atoms with Gasteiger partial charge in [-0.1, -0.05) is 18.2 Å². The molecule has 0 radical (unpaired) electrons. The van der Waals surface area contributed by atoms with E-state index in [1.807, 2.05) is 26.0 Å². The molecule has 0 atom stereocenters. The fraction of sp³-hybridized carbons (Fsp3) is 0.333. The number of amides is 1. The zero-order valence-corrected chi connectivity index (χ0v) is 16.2. The fourth-order valence-electron chi connectivity index (χ4n) is 2.37. The summed E-state index contributed by atoms with van der Waals surface area (Å²) in [6.07, 6.45) is 0.491. The Morgan fingerprint density at radius 3 is 2.31 bits per heavy atom. The van der Waals surface area contributed by atoms with Crippen LogP contribution in [0.2, 0.25) is 0 Å². The van der Waals surface area contributed by atoms with Gasteiger partial charge in [-0.15, -0.1) is 0 Å². The van der Waals surface area contributed by atoms with E-state index in [0.717, 1.165) is 16.7 Å². The van der Waals surface area contributed by atoms with Gasteiger partial charge >= 0.3 is 12.6 Å². The second kappa shape index (κ2) is 11.0. The summed E-state index contributed by atoms with van der Waals surface area (Å²) in [4.78, 5) is 23.4. The van der Waals surface area contributed by atoms with E-state index in [-0.39, 0.29) is 12.4 Å². The molecule has 0 aliphatic carbocycles. The maximum Gasteiger partial charge on any atom is 0.387 e. The van der Waals surface area contributed by atoms with Gasteiger partial charge in [0.15, 0.2) is 13.2 Å². The summed E-state index contributed by atoms with van der Waals surface area (Å²) in [5.74, 6) is -0.461. The van der Waals surface area contributed by atoms with Gasteiger partial charge in [0, 0.05) is 6.54 Å². The number of halogens is 2. The van der Waals surface area contributed by atoms with Gasteiger partial charge in [-0.2, -0.15) is 8.78 Å². The zero-order chi connectivity index (χ0) is 21.2. The molecule has 1 amide bonds. The van der Waals surface area contributed by atoms with Crippen molar-refractivity contribution in [2.24, 2.45) is 0 Å². The van der Waals surface area contributed by atoms with Crippen molar-refractivity contribution in [1.29, 1.82) is 0 Å². The van der Waals surface area contributed by atoms with Crippen LogP contribution in [0.3, 0.4) is 0 Å². The third kappa shape index (κ3) is 8.16. The number of esters is 1. The number of carbonyl (C=O) groups excluding carboxylic acids is 2. The van der Waals surface area contributed by atoms with Gasteiger partial charge < -0.3 is 19.5 Å². The molecule has 0 aliphatic rings. The zero-order valence-electron chi connectivity index (χ0n) is 16.2. The van der Waals surface area contributed by atoms with Crippen LogP contribution in [0.15, 0.2) is 42.5 Å². The first-order valence-electron chi connectivity index (χ1n) is 8.99. The Bertz CT molecular complexity index is 824. The summed E-state index contributed by atoms with van der Waals surface area (Å²) in [5, 5.41) is 2.61. The lowest BCUT2D eigenvalue weighted by atomic mass is 10.1. The van der Waals surface area contributed by atoms with Crippen molar-refractivity contribution in [2.75, 3.05) is 19.8 Å². The molecule has 0 aliphatic heterocycles. The predicted octanol–water partition coefficient (Wildman–Crippen LogP) is 3.19. The summed E-state index contributed by atoms with van der Waals surface area (Å²) in [7, 11) is 0. The Kier molecular flexibility index (Phi) is 8.39. The molecule has 0 saturated carbocycles. The number of nitrogens with one attached hydrogen (secondary N) is 1. The largest absolute Gasteiger partial charge is 0.482 e. The topological polar surface area (TPSA) is 73.9 Å². The van der Waals surface area contributed by atoms with Crippen LogP contribution in [0.25, 0.3) is 0 Å². The van der Waals surface area contributed by atoms with Gasteiger partial charge in [-0.3, -0.25) is 4.79 Å². The Hall–Kier alpha value is -3.16. The van der Waals surface area contributed by atoms with Crippen molar-refractivity contribution in [3.63, 3.8) is 0 Å². The summed E-state index contributed by atoms with van der Waals surface area (Å²) in [5.41, 5.74) is 3.01. The molecule has 0 fully saturated rings. The van der Waals surface area contributed by atoms with Crippen LogP contribution in [-0.4, -0.2) is 38.2 Å². The average molecular weight is 407 g/mol. The molecule has 0 aromatic heterocycles. The number of aryl methyl sites for hydroxylation is 2. The van der Waals surface area contributed by atoms with Crippen LogP contribution < -0.4 is 14.8 Å². The number of ether oxygens (including phenoxy) is 3. The normalized spacial score (nSPS) is 10.5. The van der Waals surface area contributed by atoms with Gasteiger partial charge in [0.05, 0.1) is 0 Å². The lowest BCUT2D eigenvalue weighted by Crippen LogP contribution is -2.31. The van der Waals surface area contributed by atoms with E-state index in [2.05, 4.69) is 10.1 Å². The highest BCUT2D eigenvalue weighted by Crippen LogP contribution is 2.16. The monoisotopic (exact) mass is 407 g/mol. The average Bonchev–Trinajstić information content (AvgIpc) is 2.68. The first-order chi connectivity index (χ1) is 13.8. The lowest BCUT2D eigenvalue weighted by molar-refractivity contribution is -0.150. The van der Waals surface area contributed by atoms with Crippen LogP contribution >= 0.6 is 0 Å². The molecule has 6 nitrogen and oxygen atoms in total. The number of rotatable bonds is 10. The lowest BCUT2D eigenvalue weighted by Gasteiger charge is -2.09. The van der Waals surface area contributed by atoms with E-state index in [4.69, 9.17) is 9.47 Å². The van der Waals surface area contributed by atoms with Crippen molar-refractivity contribution in [1.82, 2.24) is 5.32 Å². The fourth-order valence-corrected chi connectivity index (χ4v) is 2.37. The van der Waals surface area contributed by atoms with E-state index in [1.165, 1.54) is 12.1 Å². The molecule has 2 aromatic rings. The van der Waals surface area contributed by atoms with E-state index in [9.17, 15) is 18.4 Å². The van der Waals surface area contributed by atoms with Gasteiger partial charge in [0.2, 0.25) is 0 Å². The number of alkyl halides is 2. The number of hydrogen-bond acceptors (Lipinski definition) is 5. The summed E-state index contributed by atoms with van der Waals surface area (Å²) >= 11 is 0. The highest BCUT2D eigenvalue weighted by Gasteiger charge is 2.09. The number of carbonyl (C=O) groups is 2. The smallest absolute Gasteiger partial charge is 0.387 e. The standard InChI is InChI=1S/C21H23F2NO5/c1-14-3-6-18(11-15(14)2)27-13-20(26)28-12-19(25)24-10-9-16-4-7-17(8-5-16)29-21(22)23/h3-8,11,21H,9-10,12-13H2,1-2H3,(H,24,25). The Morgan fingerprint density at radius 2 is 1.66 bits per heavy atom. The maximum absolute atomic E-state index is 12.1. The molecule has 8 heteroatoms. The summed E-state index contributed by atoms with van der Waals surface area (Å²) < 4.78 is 38.7. The number of benzene rings is 2. The molecule has 1 N–H and O–H groups in total. The molecule has 0 bridgehead atoms. The minimum absolute atomic E-state index is 0.0720. The number of hydrogen-bond donors (Lipinski definition) is 1. The van der Waals surface area contributed by atoms with Crippen LogP contribution in [0.4, 0.5) is 8.78 Å². The Labute approximate surface area is 167 Å². The molecule has 0 saturated heterocycles. The Morgan fingerprint density at radius 1 is 0.966 bits per heavy atom. The van der Waals surface area contributed by atoms with Crippen molar-refractivity contribution in [2.45, 2.75) is 26.9 Å². The van der Waals surface area contributed by atoms with E-state index in [1.54, 1.807) is 18.2 Å². The van der Waals surface area contributed by atoms with Gasteiger partial charge in [0.1, 0.15) is 11.5 Å². The molecular formula is C21H23F2NO5. The van der Waals surface area contributed by atoms with Crippen LogP contribution in [0, 0.1) is 13.8 Å². The molecule has 2 aromatic carbocycles. The second-order valence-corrected chi connectivity index (χ2v) is 6.32. The maximum atomic E-state index is 12.1. The van der Waals surface area contributed by atoms with Crippen molar-refractivity contribution < 1.29 is 32.6 Å². The highest BCUT2D eigenvalue weighted by atomic mass is 19.3. The third-order valence-electron chi connectivity index (χ3n) is 4.08. The minimum Gasteiger partial charge on any atom is -0.482 e. The third-order valence-corrected chi connectivity index (χ3v) is 4.08. The van der Waals surface area contributed by atoms with Crippen LogP contribution in [-0.2, 0) is 20.7 Å². The van der Waals surface area contributed by atoms with Crippen LogP contribution in [0.5, 0.6) is 11.5 Å². The quantitative estimate of drug-likeness (QED) is 0.613. The van der Waals surface area contributed by atoms with Crippen molar-refractivity contribution in [3.8, 4) is 11.5 Å². The van der Waals surface area contributed by atoms with Crippen molar-refractivity contribution >= 4 is 11.9 Å². The summed E-state index contributed by atoms with van der Waals surface area (Å²) in [6, 6.07) is 11.6. The van der Waals surface area contributed by atoms with E-state index >= 15 is 0 Å². The second-order valence-electron chi connectivity index (χ2n) is 6.32. The molecule has 0 unspecified atom stereocenters. The molecule has 0 spiro atoms. The minimum atomic E-state index is -2.87. The molecular weight excluding hydrogens is 384 g/mol. The predicted molar refractivity (Wildman–Crippen MR) is 102 cm³/mol. The first kappa shape index (κ1) is 22.1. The SMILES string of the molecule is Cc1ccc(OCC(=O)OCC(=O)NCCc2ccc(OC(F)F)cc2)cc1C. The first-order valence-corrected chi connectivity index (χ1v) is 8.99. The highest BCUT2D eigenvalue weighted by molar-refractivity contribution is 5.80. The molecule has 2 rings (SSSR count).